The molecule has 1 aromatic rings. The Kier molecular flexibility index (Phi) is 3.64. The Bertz CT molecular complexity index is 486. The highest BCUT2D eigenvalue weighted by Gasteiger charge is 2.22. The fourth-order valence-corrected chi connectivity index (χ4v) is 1.82. The molecule has 0 saturated heterocycles. The van der Waals surface area contributed by atoms with Gasteiger partial charge in [0.2, 0.25) is 5.88 Å². The predicted molar refractivity (Wildman–Crippen MR) is 74.8 cm³/mol. The maximum Gasteiger partial charge on any atom is 0.253 e. The van der Waals surface area contributed by atoms with Crippen molar-refractivity contribution in [2.24, 2.45) is 0 Å². The van der Waals surface area contributed by atoms with Crippen LogP contribution in [0, 0.1) is 0 Å². The Morgan fingerprint density at radius 3 is 3.00 bits per heavy atom. The molecule has 0 saturated carbocycles. The lowest BCUT2D eigenvalue weighted by molar-refractivity contribution is 0.0911. The zero-order valence-corrected chi connectivity index (χ0v) is 12.0. The summed E-state index contributed by atoms with van der Waals surface area (Å²) in [6.07, 6.45) is 2.44. The zero-order chi connectivity index (χ0) is 14.0. The van der Waals surface area contributed by atoms with Gasteiger partial charge in [-0.2, -0.15) is 0 Å². The number of fused-ring (bicyclic) bond motifs is 1. The maximum atomic E-state index is 12.2. The summed E-state index contributed by atoms with van der Waals surface area (Å²) in [6, 6.07) is 1.84. The quantitative estimate of drug-likeness (QED) is 0.904. The van der Waals surface area contributed by atoms with Crippen molar-refractivity contribution in [3.8, 4) is 5.88 Å². The Labute approximate surface area is 114 Å². The van der Waals surface area contributed by atoms with Gasteiger partial charge in [-0.25, -0.2) is 4.98 Å². The molecule has 1 aliphatic heterocycles. The summed E-state index contributed by atoms with van der Waals surface area (Å²) in [5, 5.41) is 3.01. The number of amides is 1. The lowest BCUT2D eigenvalue weighted by Gasteiger charge is -2.28. The Morgan fingerprint density at radius 1 is 1.58 bits per heavy atom. The van der Waals surface area contributed by atoms with Gasteiger partial charge in [-0.15, -0.1) is 0 Å². The minimum Gasteiger partial charge on any atom is -0.474 e. The number of aromatic nitrogens is 1. The van der Waals surface area contributed by atoms with E-state index in [0.29, 0.717) is 18.1 Å². The van der Waals surface area contributed by atoms with E-state index in [1.54, 1.807) is 6.20 Å². The van der Waals surface area contributed by atoms with Gasteiger partial charge in [-0.05, 0) is 26.3 Å². The molecule has 5 heteroatoms. The van der Waals surface area contributed by atoms with Gasteiger partial charge >= 0.3 is 0 Å². The molecule has 104 valence electrons. The summed E-state index contributed by atoms with van der Waals surface area (Å²) in [4.78, 5) is 18.5. The summed E-state index contributed by atoms with van der Waals surface area (Å²) in [7, 11) is 1.97. The predicted octanol–water partition coefficient (Wildman–Crippen LogP) is 1.83. The molecule has 0 bridgehead atoms. The van der Waals surface area contributed by atoms with Gasteiger partial charge in [0.1, 0.15) is 12.3 Å². The molecule has 0 atom stereocenters. The number of nitrogens with one attached hydrogen (secondary N) is 1. The van der Waals surface area contributed by atoms with E-state index in [2.05, 4.69) is 10.3 Å². The molecule has 1 aliphatic rings. The van der Waals surface area contributed by atoms with Crippen molar-refractivity contribution in [2.75, 3.05) is 25.1 Å². The monoisotopic (exact) mass is 263 g/mol. The number of rotatable bonds is 3. The highest BCUT2D eigenvalue weighted by molar-refractivity contribution is 5.95. The van der Waals surface area contributed by atoms with Crippen molar-refractivity contribution >= 4 is 11.6 Å². The van der Waals surface area contributed by atoms with Crippen LogP contribution in [-0.4, -0.2) is 36.6 Å². The lowest BCUT2D eigenvalue weighted by Crippen LogP contribution is -2.43. The van der Waals surface area contributed by atoms with E-state index in [1.807, 2.05) is 38.8 Å². The second-order valence-electron chi connectivity index (χ2n) is 5.51. The van der Waals surface area contributed by atoms with Gasteiger partial charge in [0.25, 0.3) is 5.91 Å². The highest BCUT2D eigenvalue weighted by atomic mass is 16.5. The van der Waals surface area contributed by atoms with E-state index >= 15 is 0 Å². The molecule has 2 heterocycles. The number of nitrogens with zero attached hydrogens (tertiary/aromatic N) is 2. The van der Waals surface area contributed by atoms with E-state index < -0.39 is 0 Å². The van der Waals surface area contributed by atoms with Crippen molar-refractivity contribution in [3.63, 3.8) is 0 Å². The number of anilines is 1. The van der Waals surface area contributed by atoms with Crippen molar-refractivity contribution in [2.45, 2.75) is 32.7 Å². The van der Waals surface area contributed by atoms with Gasteiger partial charge < -0.3 is 15.0 Å². The minimum absolute atomic E-state index is 0.0962. The highest BCUT2D eigenvalue weighted by Crippen LogP contribution is 2.28. The number of hydrogen-bond acceptors (Lipinski definition) is 4. The van der Waals surface area contributed by atoms with E-state index in [9.17, 15) is 4.79 Å². The fraction of sp³-hybridized carbons (Fsp3) is 0.571. The molecule has 1 amide bonds. The summed E-state index contributed by atoms with van der Waals surface area (Å²) in [5.41, 5.74) is 1.22. The van der Waals surface area contributed by atoms with Gasteiger partial charge in [0, 0.05) is 18.8 Å². The maximum absolute atomic E-state index is 12.2. The molecule has 0 radical (unpaired) electrons. The molecule has 1 aromatic heterocycles. The van der Waals surface area contributed by atoms with Crippen LogP contribution >= 0.6 is 0 Å². The average Bonchev–Trinajstić information content (AvgIpc) is 2.38. The SMILES string of the molecule is CCC(C)(C)NC(=O)c1cnc2c(c1)N(C)CCO2. The summed E-state index contributed by atoms with van der Waals surface area (Å²) >= 11 is 0. The topological polar surface area (TPSA) is 54.5 Å². The van der Waals surface area contributed by atoms with E-state index in [1.165, 1.54) is 0 Å². The third kappa shape index (κ3) is 2.97. The van der Waals surface area contributed by atoms with E-state index in [0.717, 1.165) is 18.7 Å². The molecule has 1 N–H and O–H groups in total. The number of ether oxygens (including phenoxy) is 1. The van der Waals surface area contributed by atoms with E-state index in [-0.39, 0.29) is 11.4 Å². The van der Waals surface area contributed by atoms with Crippen LogP contribution in [0.1, 0.15) is 37.6 Å². The molecule has 2 rings (SSSR count). The van der Waals surface area contributed by atoms with Gasteiger partial charge in [0.05, 0.1) is 12.1 Å². The Morgan fingerprint density at radius 2 is 2.32 bits per heavy atom. The van der Waals surface area contributed by atoms with Gasteiger partial charge in [0.15, 0.2) is 0 Å². The smallest absolute Gasteiger partial charge is 0.253 e. The van der Waals surface area contributed by atoms with Gasteiger partial charge in [-0.1, -0.05) is 6.92 Å². The second kappa shape index (κ2) is 5.07. The standard InChI is InChI=1S/C14H21N3O2/c1-5-14(2,3)16-12(18)10-8-11-13(15-9-10)19-7-6-17(11)4/h8-9H,5-7H2,1-4H3,(H,16,18). The van der Waals surface area contributed by atoms with Crippen LogP contribution in [0.5, 0.6) is 5.88 Å². The fourth-order valence-electron chi connectivity index (χ4n) is 1.82. The van der Waals surface area contributed by atoms with Crippen LogP contribution in [-0.2, 0) is 0 Å². The van der Waals surface area contributed by atoms with Crippen LogP contribution in [0.15, 0.2) is 12.3 Å². The molecule has 0 unspecified atom stereocenters. The molecule has 0 aliphatic carbocycles. The first-order valence-electron chi connectivity index (χ1n) is 6.59. The molecule has 19 heavy (non-hydrogen) atoms. The minimum atomic E-state index is -0.213. The lowest BCUT2D eigenvalue weighted by atomic mass is 10.0. The average molecular weight is 263 g/mol. The van der Waals surface area contributed by atoms with Crippen molar-refractivity contribution < 1.29 is 9.53 Å². The van der Waals surface area contributed by atoms with Crippen LogP contribution < -0.4 is 15.0 Å². The number of pyridine rings is 1. The molecule has 0 spiro atoms. The largest absolute Gasteiger partial charge is 0.474 e. The molecular formula is C14H21N3O2. The second-order valence-corrected chi connectivity index (χ2v) is 5.51. The Balaban J connectivity index is 2.22. The van der Waals surface area contributed by atoms with Crippen LogP contribution in [0.2, 0.25) is 0 Å². The number of carbonyl (C=O) groups is 1. The zero-order valence-electron chi connectivity index (χ0n) is 12.0. The van der Waals surface area contributed by atoms with Gasteiger partial charge in [-0.3, -0.25) is 4.79 Å². The molecule has 0 fully saturated rings. The van der Waals surface area contributed by atoms with E-state index in [4.69, 9.17) is 4.74 Å². The number of likely N-dealkylation sites (N-methyl/N-ethyl adjacent to an activating group) is 1. The van der Waals surface area contributed by atoms with Crippen LogP contribution in [0.25, 0.3) is 0 Å². The summed E-state index contributed by atoms with van der Waals surface area (Å²) in [5.74, 6) is 0.501. The van der Waals surface area contributed by atoms with Crippen LogP contribution in [0.3, 0.4) is 0 Å². The molecule has 5 nitrogen and oxygen atoms in total. The number of carbonyl (C=O) groups excluding carboxylic acids is 1. The summed E-state index contributed by atoms with van der Waals surface area (Å²) in [6.45, 7) is 7.50. The van der Waals surface area contributed by atoms with Crippen molar-refractivity contribution in [1.29, 1.82) is 0 Å². The van der Waals surface area contributed by atoms with Crippen molar-refractivity contribution in [1.82, 2.24) is 10.3 Å². The summed E-state index contributed by atoms with van der Waals surface area (Å²) < 4.78 is 5.47. The molecular weight excluding hydrogens is 242 g/mol. The molecule has 0 aromatic carbocycles. The third-order valence-corrected chi connectivity index (χ3v) is 3.51. The normalized spacial score (nSPS) is 14.6. The third-order valence-electron chi connectivity index (χ3n) is 3.51. The van der Waals surface area contributed by atoms with Crippen molar-refractivity contribution in [3.05, 3.63) is 17.8 Å². The number of hydrogen-bond donors (Lipinski definition) is 1. The first-order valence-corrected chi connectivity index (χ1v) is 6.59. The first-order chi connectivity index (χ1) is 8.93. The first kappa shape index (κ1) is 13.6. The Hall–Kier alpha value is -1.78. The van der Waals surface area contributed by atoms with Crippen LogP contribution in [0.4, 0.5) is 5.69 Å².